The van der Waals surface area contributed by atoms with Crippen LogP contribution in [0, 0.1) is 0 Å². The standard InChI is InChI=1S/C12H14O2/c1-2-11-12(14-11)9-13-8-10-6-4-3-5-7-10/h2-7,11-12H,1,8-9H2/t11-,12-/m0/s1. The molecule has 0 saturated carbocycles. The first-order valence-corrected chi connectivity index (χ1v) is 4.80. The fourth-order valence-corrected chi connectivity index (χ4v) is 1.37. The van der Waals surface area contributed by atoms with E-state index < -0.39 is 0 Å². The maximum atomic E-state index is 5.50. The number of rotatable bonds is 5. The second-order valence-corrected chi connectivity index (χ2v) is 3.38. The molecule has 0 aromatic heterocycles. The molecule has 0 unspecified atom stereocenters. The molecule has 1 saturated heterocycles. The van der Waals surface area contributed by atoms with Crippen molar-refractivity contribution in [3.8, 4) is 0 Å². The van der Waals surface area contributed by atoms with Crippen molar-refractivity contribution in [3.63, 3.8) is 0 Å². The van der Waals surface area contributed by atoms with Crippen molar-refractivity contribution in [2.45, 2.75) is 18.8 Å². The minimum absolute atomic E-state index is 0.214. The summed E-state index contributed by atoms with van der Waals surface area (Å²) in [4.78, 5) is 0. The molecule has 0 radical (unpaired) electrons. The molecule has 1 aliphatic rings. The molecule has 2 atom stereocenters. The lowest BCUT2D eigenvalue weighted by molar-refractivity contribution is 0.104. The minimum Gasteiger partial charge on any atom is -0.374 e. The number of hydrogen-bond acceptors (Lipinski definition) is 2. The molecule has 1 heterocycles. The van der Waals surface area contributed by atoms with Crippen molar-refractivity contribution in [2.75, 3.05) is 6.61 Å². The highest BCUT2D eigenvalue weighted by Crippen LogP contribution is 2.22. The topological polar surface area (TPSA) is 21.8 Å². The quantitative estimate of drug-likeness (QED) is 0.524. The van der Waals surface area contributed by atoms with E-state index in [1.54, 1.807) is 0 Å². The molecule has 0 spiro atoms. The van der Waals surface area contributed by atoms with Crippen LogP contribution in [0.3, 0.4) is 0 Å². The molecule has 0 amide bonds. The third-order valence-corrected chi connectivity index (χ3v) is 2.25. The van der Waals surface area contributed by atoms with E-state index >= 15 is 0 Å². The molecule has 1 aromatic rings. The van der Waals surface area contributed by atoms with Crippen LogP contribution < -0.4 is 0 Å². The molecule has 2 nitrogen and oxygen atoms in total. The Bertz CT molecular complexity index is 294. The zero-order valence-electron chi connectivity index (χ0n) is 8.06. The third-order valence-electron chi connectivity index (χ3n) is 2.25. The van der Waals surface area contributed by atoms with E-state index in [1.807, 2.05) is 24.3 Å². The van der Waals surface area contributed by atoms with Crippen LogP contribution in [0.1, 0.15) is 5.56 Å². The Morgan fingerprint density at radius 1 is 1.36 bits per heavy atom. The SMILES string of the molecule is C=C[C@@H]1O[C@H]1COCc1ccccc1. The highest BCUT2D eigenvalue weighted by atomic mass is 16.6. The zero-order valence-corrected chi connectivity index (χ0v) is 8.06. The Kier molecular flexibility index (Phi) is 2.96. The van der Waals surface area contributed by atoms with Gasteiger partial charge in [0.1, 0.15) is 12.2 Å². The number of benzene rings is 1. The average Bonchev–Trinajstić information content (AvgIpc) is 2.98. The second-order valence-electron chi connectivity index (χ2n) is 3.38. The van der Waals surface area contributed by atoms with Crippen molar-refractivity contribution in [1.82, 2.24) is 0 Å². The lowest BCUT2D eigenvalue weighted by atomic mass is 10.2. The van der Waals surface area contributed by atoms with E-state index in [9.17, 15) is 0 Å². The molecule has 0 N–H and O–H groups in total. The Labute approximate surface area is 84.2 Å². The first-order valence-electron chi connectivity index (χ1n) is 4.80. The van der Waals surface area contributed by atoms with Crippen LogP contribution >= 0.6 is 0 Å². The zero-order chi connectivity index (χ0) is 9.80. The summed E-state index contributed by atoms with van der Waals surface area (Å²) in [5.41, 5.74) is 1.20. The van der Waals surface area contributed by atoms with E-state index in [1.165, 1.54) is 5.56 Å². The van der Waals surface area contributed by atoms with Gasteiger partial charge in [-0.3, -0.25) is 0 Å². The van der Waals surface area contributed by atoms with Gasteiger partial charge in [0.15, 0.2) is 0 Å². The average molecular weight is 190 g/mol. The Balaban J connectivity index is 1.67. The van der Waals surface area contributed by atoms with Gasteiger partial charge in [-0.1, -0.05) is 36.4 Å². The monoisotopic (exact) mass is 190 g/mol. The van der Waals surface area contributed by atoms with Crippen molar-refractivity contribution in [3.05, 3.63) is 48.6 Å². The first-order chi connectivity index (χ1) is 6.90. The third kappa shape index (κ3) is 2.44. The van der Waals surface area contributed by atoms with Crippen molar-refractivity contribution < 1.29 is 9.47 Å². The fraction of sp³-hybridized carbons (Fsp3) is 0.333. The van der Waals surface area contributed by atoms with E-state index in [2.05, 4.69) is 18.7 Å². The maximum Gasteiger partial charge on any atom is 0.111 e. The molecular formula is C12H14O2. The summed E-state index contributed by atoms with van der Waals surface area (Å²) in [6, 6.07) is 10.1. The largest absolute Gasteiger partial charge is 0.374 e. The van der Waals surface area contributed by atoms with Crippen LogP contribution in [0.15, 0.2) is 43.0 Å². The predicted molar refractivity (Wildman–Crippen MR) is 55.0 cm³/mol. The molecule has 1 fully saturated rings. The molecular weight excluding hydrogens is 176 g/mol. The summed E-state index contributed by atoms with van der Waals surface area (Å²) < 4.78 is 10.8. The molecule has 14 heavy (non-hydrogen) atoms. The first kappa shape index (κ1) is 9.44. The maximum absolute atomic E-state index is 5.50. The number of epoxide rings is 1. The molecule has 74 valence electrons. The van der Waals surface area contributed by atoms with E-state index in [0.29, 0.717) is 13.2 Å². The summed E-state index contributed by atoms with van der Waals surface area (Å²) in [7, 11) is 0. The molecule has 1 aliphatic heterocycles. The van der Waals surface area contributed by atoms with Gasteiger partial charge in [-0.2, -0.15) is 0 Å². The molecule has 2 heteroatoms. The Hall–Kier alpha value is -1.12. The normalized spacial score (nSPS) is 24.6. The number of ether oxygens (including phenoxy) is 2. The van der Waals surface area contributed by atoms with Crippen molar-refractivity contribution in [2.24, 2.45) is 0 Å². The summed E-state index contributed by atoms with van der Waals surface area (Å²) in [5, 5.41) is 0. The van der Waals surface area contributed by atoms with Crippen molar-refractivity contribution >= 4 is 0 Å². The van der Waals surface area contributed by atoms with E-state index in [-0.39, 0.29) is 12.2 Å². The second kappa shape index (κ2) is 4.40. The van der Waals surface area contributed by atoms with Gasteiger partial charge in [0.25, 0.3) is 0 Å². The van der Waals surface area contributed by atoms with Gasteiger partial charge in [0, 0.05) is 0 Å². The summed E-state index contributed by atoms with van der Waals surface area (Å²) >= 11 is 0. The summed E-state index contributed by atoms with van der Waals surface area (Å²) in [5.74, 6) is 0. The van der Waals surface area contributed by atoms with Gasteiger partial charge < -0.3 is 9.47 Å². The molecule has 1 aromatic carbocycles. The molecule has 2 rings (SSSR count). The van der Waals surface area contributed by atoms with Gasteiger partial charge in [0.2, 0.25) is 0 Å². The van der Waals surface area contributed by atoms with Gasteiger partial charge >= 0.3 is 0 Å². The van der Waals surface area contributed by atoms with Gasteiger partial charge in [0.05, 0.1) is 13.2 Å². The van der Waals surface area contributed by atoms with Crippen LogP contribution in [-0.2, 0) is 16.1 Å². The van der Waals surface area contributed by atoms with Crippen LogP contribution in [-0.4, -0.2) is 18.8 Å². The Morgan fingerprint density at radius 3 is 2.79 bits per heavy atom. The molecule has 0 aliphatic carbocycles. The molecule has 0 bridgehead atoms. The lowest BCUT2D eigenvalue weighted by Crippen LogP contribution is -2.03. The minimum atomic E-state index is 0.214. The fourth-order valence-electron chi connectivity index (χ4n) is 1.37. The van der Waals surface area contributed by atoms with Crippen LogP contribution in [0.2, 0.25) is 0 Å². The van der Waals surface area contributed by atoms with Crippen molar-refractivity contribution in [1.29, 1.82) is 0 Å². The lowest BCUT2D eigenvalue weighted by Gasteiger charge is -2.01. The van der Waals surface area contributed by atoms with Gasteiger partial charge in [-0.15, -0.1) is 6.58 Å². The van der Waals surface area contributed by atoms with Crippen LogP contribution in [0.5, 0.6) is 0 Å². The number of hydrogen-bond donors (Lipinski definition) is 0. The highest BCUT2D eigenvalue weighted by molar-refractivity contribution is 5.13. The van der Waals surface area contributed by atoms with Crippen LogP contribution in [0.4, 0.5) is 0 Å². The Morgan fingerprint density at radius 2 is 2.14 bits per heavy atom. The summed E-state index contributed by atoms with van der Waals surface area (Å²) in [6.45, 7) is 4.97. The predicted octanol–water partition coefficient (Wildman–Crippen LogP) is 2.16. The van der Waals surface area contributed by atoms with Crippen LogP contribution in [0.25, 0.3) is 0 Å². The summed E-state index contributed by atoms with van der Waals surface area (Å²) in [6.07, 6.45) is 2.26. The van der Waals surface area contributed by atoms with E-state index in [4.69, 9.17) is 9.47 Å². The smallest absolute Gasteiger partial charge is 0.111 e. The van der Waals surface area contributed by atoms with Gasteiger partial charge in [-0.25, -0.2) is 0 Å². The highest BCUT2D eigenvalue weighted by Gasteiger charge is 2.35. The van der Waals surface area contributed by atoms with Gasteiger partial charge in [-0.05, 0) is 5.56 Å². The van der Waals surface area contributed by atoms with E-state index in [0.717, 1.165) is 0 Å².